The van der Waals surface area contributed by atoms with Crippen LogP contribution in [0.15, 0.2) is 22.8 Å². The Bertz CT molecular complexity index is 221. The molecule has 1 rings (SSSR count). The lowest BCUT2D eigenvalue weighted by Gasteiger charge is -2.18. The molecule has 0 saturated heterocycles. The molecular weight excluding hydrogens is 166 g/mol. The van der Waals surface area contributed by atoms with Crippen molar-refractivity contribution in [3.63, 3.8) is 0 Å². The molecule has 1 heterocycles. The molecule has 74 valence electrons. The lowest BCUT2D eigenvalue weighted by atomic mass is 10.2. The second kappa shape index (κ2) is 5.04. The van der Waals surface area contributed by atoms with Crippen molar-refractivity contribution >= 4 is 0 Å². The van der Waals surface area contributed by atoms with E-state index in [4.69, 9.17) is 14.9 Å². The molecule has 0 aliphatic heterocycles. The lowest BCUT2D eigenvalue weighted by Crippen LogP contribution is -2.20. The number of furan rings is 1. The fourth-order valence-electron chi connectivity index (χ4n) is 1.09. The Labute approximate surface area is 78.9 Å². The molecule has 0 aromatic carbocycles. The molecule has 1 aromatic heterocycles. The Morgan fingerprint density at radius 3 is 2.85 bits per heavy atom. The van der Waals surface area contributed by atoms with Crippen molar-refractivity contribution in [2.75, 3.05) is 6.54 Å². The van der Waals surface area contributed by atoms with Crippen molar-refractivity contribution in [3.05, 3.63) is 24.2 Å². The third-order valence-electron chi connectivity index (χ3n) is 2.05. The van der Waals surface area contributed by atoms with Crippen LogP contribution in [0.2, 0.25) is 0 Å². The summed E-state index contributed by atoms with van der Waals surface area (Å²) in [6.07, 6.45) is 2.73. The topological polar surface area (TPSA) is 48.4 Å². The average Bonchev–Trinajstić information content (AvgIpc) is 2.66. The highest BCUT2D eigenvalue weighted by atomic mass is 16.5. The molecule has 2 atom stereocenters. The van der Waals surface area contributed by atoms with Crippen LogP contribution in [-0.2, 0) is 4.74 Å². The third-order valence-corrected chi connectivity index (χ3v) is 2.05. The first-order valence-corrected chi connectivity index (χ1v) is 4.66. The van der Waals surface area contributed by atoms with Gasteiger partial charge in [0.05, 0.1) is 12.4 Å². The molecule has 3 nitrogen and oxygen atoms in total. The smallest absolute Gasteiger partial charge is 0.133 e. The summed E-state index contributed by atoms with van der Waals surface area (Å²) in [7, 11) is 0. The highest BCUT2D eigenvalue weighted by Gasteiger charge is 2.15. The van der Waals surface area contributed by atoms with E-state index >= 15 is 0 Å². The van der Waals surface area contributed by atoms with Crippen molar-refractivity contribution in [3.8, 4) is 0 Å². The highest BCUT2D eigenvalue weighted by Crippen LogP contribution is 2.19. The Balaban J connectivity index is 2.53. The van der Waals surface area contributed by atoms with Crippen LogP contribution in [0, 0.1) is 0 Å². The van der Waals surface area contributed by atoms with Gasteiger partial charge in [0.1, 0.15) is 11.9 Å². The summed E-state index contributed by atoms with van der Waals surface area (Å²) in [6.45, 7) is 4.57. The normalized spacial score (nSPS) is 15.6. The van der Waals surface area contributed by atoms with Crippen LogP contribution in [0.4, 0.5) is 0 Å². The van der Waals surface area contributed by atoms with E-state index in [0.29, 0.717) is 6.54 Å². The summed E-state index contributed by atoms with van der Waals surface area (Å²) >= 11 is 0. The lowest BCUT2D eigenvalue weighted by molar-refractivity contribution is -0.0111. The van der Waals surface area contributed by atoms with Gasteiger partial charge >= 0.3 is 0 Å². The SMILES string of the molecule is CCC(C)OC(CN)c1ccco1. The quantitative estimate of drug-likeness (QED) is 0.760. The summed E-state index contributed by atoms with van der Waals surface area (Å²) < 4.78 is 10.9. The van der Waals surface area contributed by atoms with E-state index in [2.05, 4.69) is 6.92 Å². The van der Waals surface area contributed by atoms with Crippen molar-refractivity contribution in [1.82, 2.24) is 0 Å². The molecule has 0 radical (unpaired) electrons. The van der Waals surface area contributed by atoms with Crippen LogP contribution in [0.1, 0.15) is 32.1 Å². The minimum absolute atomic E-state index is 0.107. The first-order valence-electron chi connectivity index (χ1n) is 4.66. The molecule has 3 heteroatoms. The fourth-order valence-corrected chi connectivity index (χ4v) is 1.09. The Kier molecular flexibility index (Phi) is 3.99. The van der Waals surface area contributed by atoms with Crippen molar-refractivity contribution in [1.29, 1.82) is 0 Å². The summed E-state index contributed by atoms with van der Waals surface area (Å²) in [5.74, 6) is 0.808. The molecule has 0 amide bonds. The van der Waals surface area contributed by atoms with Crippen LogP contribution < -0.4 is 5.73 Å². The van der Waals surface area contributed by atoms with Gasteiger partial charge in [-0.05, 0) is 25.5 Å². The van der Waals surface area contributed by atoms with Gasteiger partial charge in [-0.15, -0.1) is 0 Å². The van der Waals surface area contributed by atoms with E-state index in [9.17, 15) is 0 Å². The Morgan fingerprint density at radius 1 is 1.62 bits per heavy atom. The largest absolute Gasteiger partial charge is 0.467 e. The van der Waals surface area contributed by atoms with Crippen molar-refractivity contribution in [2.45, 2.75) is 32.5 Å². The second-order valence-electron chi connectivity index (χ2n) is 3.09. The van der Waals surface area contributed by atoms with E-state index in [1.165, 1.54) is 0 Å². The molecule has 0 aliphatic rings. The molecule has 0 spiro atoms. The summed E-state index contributed by atoms with van der Waals surface area (Å²) in [5, 5.41) is 0. The molecule has 0 saturated carbocycles. The number of hydrogen-bond donors (Lipinski definition) is 1. The van der Waals surface area contributed by atoms with Gasteiger partial charge in [-0.3, -0.25) is 0 Å². The first kappa shape index (κ1) is 10.3. The maximum Gasteiger partial charge on any atom is 0.133 e. The standard InChI is InChI=1S/C10H17NO2/c1-3-8(2)13-10(7-11)9-5-4-6-12-9/h4-6,8,10H,3,7,11H2,1-2H3. The van der Waals surface area contributed by atoms with Gasteiger partial charge in [0.25, 0.3) is 0 Å². The van der Waals surface area contributed by atoms with Gasteiger partial charge in [0, 0.05) is 6.54 Å². The van der Waals surface area contributed by atoms with E-state index in [0.717, 1.165) is 12.2 Å². The van der Waals surface area contributed by atoms with Crippen LogP contribution in [0.25, 0.3) is 0 Å². The predicted octanol–water partition coefficient (Wildman–Crippen LogP) is 2.09. The molecule has 2 N–H and O–H groups in total. The Hall–Kier alpha value is -0.800. The first-order chi connectivity index (χ1) is 6.27. The van der Waals surface area contributed by atoms with Crippen molar-refractivity contribution in [2.24, 2.45) is 5.73 Å². The van der Waals surface area contributed by atoms with Crippen LogP contribution in [-0.4, -0.2) is 12.6 Å². The molecule has 1 aromatic rings. The van der Waals surface area contributed by atoms with E-state index in [1.54, 1.807) is 6.26 Å². The van der Waals surface area contributed by atoms with E-state index in [-0.39, 0.29) is 12.2 Å². The van der Waals surface area contributed by atoms with Crippen molar-refractivity contribution < 1.29 is 9.15 Å². The zero-order chi connectivity index (χ0) is 9.68. The van der Waals surface area contributed by atoms with Gasteiger partial charge < -0.3 is 14.9 Å². The van der Waals surface area contributed by atoms with Gasteiger partial charge in [0.2, 0.25) is 0 Å². The Morgan fingerprint density at radius 2 is 2.38 bits per heavy atom. The number of ether oxygens (including phenoxy) is 1. The molecule has 0 aliphatic carbocycles. The molecule has 13 heavy (non-hydrogen) atoms. The monoisotopic (exact) mass is 183 g/mol. The number of hydrogen-bond acceptors (Lipinski definition) is 3. The highest BCUT2D eigenvalue weighted by molar-refractivity contribution is 5.02. The average molecular weight is 183 g/mol. The summed E-state index contributed by atoms with van der Waals surface area (Å²) in [4.78, 5) is 0. The predicted molar refractivity (Wildman–Crippen MR) is 51.3 cm³/mol. The molecular formula is C10H17NO2. The van der Waals surface area contributed by atoms with Gasteiger partial charge in [-0.2, -0.15) is 0 Å². The maximum absolute atomic E-state index is 5.67. The zero-order valence-electron chi connectivity index (χ0n) is 8.19. The zero-order valence-corrected chi connectivity index (χ0v) is 8.19. The van der Waals surface area contributed by atoms with E-state index < -0.39 is 0 Å². The molecule has 0 fully saturated rings. The minimum Gasteiger partial charge on any atom is -0.467 e. The van der Waals surface area contributed by atoms with Crippen LogP contribution in [0.3, 0.4) is 0 Å². The van der Waals surface area contributed by atoms with Gasteiger partial charge in [0.15, 0.2) is 0 Å². The van der Waals surface area contributed by atoms with Gasteiger partial charge in [-0.1, -0.05) is 6.92 Å². The molecule has 2 unspecified atom stereocenters. The summed E-state index contributed by atoms with van der Waals surface area (Å²) in [5.41, 5.74) is 5.58. The van der Waals surface area contributed by atoms with Crippen LogP contribution in [0.5, 0.6) is 0 Å². The maximum atomic E-state index is 5.67. The molecule has 0 bridgehead atoms. The second-order valence-corrected chi connectivity index (χ2v) is 3.09. The van der Waals surface area contributed by atoms with Gasteiger partial charge in [-0.25, -0.2) is 0 Å². The minimum atomic E-state index is -0.107. The number of nitrogens with two attached hydrogens (primary N) is 1. The summed E-state index contributed by atoms with van der Waals surface area (Å²) in [6, 6.07) is 3.73. The third kappa shape index (κ3) is 2.86. The number of rotatable bonds is 5. The fraction of sp³-hybridized carbons (Fsp3) is 0.600. The van der Waals surface area contributed by atoms with E-state index in [1.807, 2.05) is 19.1 Å². The van der Waals surface area contributed by atoms with Crippen LogP contribution >= 0.6 is 0 Å².